The molecule has 0 atom stereocenters. The lowest BCUT2D eigenvalue weighted by Crippen LogP contribution is -2.24. The smallest absolute Gasteiger partial charge is 0.0601 e. The van der Waals surface area contributed by atoms with E-state index in [1.165, 1.54) is 63.0 Å². The molecule has 2 aliphatic rings. The molecule has 104 valence electrons. The van der Waals surface area contributed by atoms with Crippen LogP contribution in [0.4, 0.5) is 17.1 Å². The molecule has 19 heavy (non-hydrogen) atoms. The highest BCUT2D eigenvalue weighted by atomic mass is 15.2. The first-order chi connectivity index (χ1) is 9.34. The quantitative estimate of drug-likeness (QED) is 0.828. The van der Waals surface area contributed by atoms with Gasteiger partial charge in [-0.15, -0.1) is 0 Å². The second-order valence-corrected chi connectivity index (χ2v) is 5.84. The number of hydrogen-bond donors (Lipinski definition) is 1. The van der Waals surface area contributed by atoms with E-state index in [1.807, 2.05) is 0 Å². The summed E-state index contributed by atoms with van der Waals surface area (Å²) < 4.78 is 0. The summed E-state index contributed by atoms with van der Waals surface area (Å²) in [5.74, 6) is 0. The lowest BCUT2D eigenvalue weighted by molar-refractivity contribution is 0.726. The van der Waals surface area contributed by atoms with Gasteiger partial charge in [-0.25, -0.2) is 0 Å². The van der Waals surface area contributed by atoms with Crippen LogP contribution in [0.3, 0.4) is 0 Å². The number of hydrogen-bond acceptors (Lipinski definition) is 3. The lowest BCUT2D eigenvalue weighted by atomic mass is 10.2. The van der Waals surface area contributed by atoms with Gasteiger partial charge in [0.15, 0.2) is 0 Å². The standard InChI is InChI=1S/C16H25N3/c17-15-13-14(18-9-3-1-2-4-10-18)7-8-16(15)19-11-5-6-12-19/h7-8,13H,1-6,9-12,17H2. The summed E-state index contributed by atoms with van der Waals surface area (Å²) in [5.41, 5.74) is 9.77. The Morgan fingerprint density at radius 3 is 1.95 bits per heavy atom. The van der Waals surface area contributed by atoms with E-state index in [0.717, 1.165) is 18.8 Å². The van der Waals surface area contributed by atoms with Crippen molar-refractivity contribution in [2.75, 3.05) is 41.7 Å². The number of benzene rings is 1. The van der Waals surface area contributed by atoms with Gasteiger partial charge in [0.05, 0.1) is 11.4 Å². The molecule has 0 aliphatic carbocycles. The summed E-state index contributed by atoms with van der Waals surface area (Å²) in [4.78, 5) is 4.92. The van der Waals surface area contributed by atoms with Crippen molar-refractivity contribution in [2.45, 2.75) is 38.5 Å². The Hall–Kier alpha value is -1.38. The van der Waals surface area contributed by atoms with E-state index in [0.29, 0.717) is 0 Å². The van der Waals surface area contributed by atoms with Gasteiger partial charge in [0, 0.05) is 31.9 Å². The maximum absolute atomic E-state index is 6.28. The summed E-state index contributed by atoms with van der Waals surface area (Å²) in [6, 6.07) is 6.66. The van der Waals surface area contributed by atoms with Crippen LogP contribution < -0.4 is 15.5 Å². The first kappa shape index (κ1) is 12.6. The van der Waals surface area contributed by atoms with Crippen LogP contribution in [0.15, 0.2) is 18.2 Å². The van der Waals surface area contributed by atoms with Crippen LogP contribution in [-0.4, -0.2) is 26.2 Å². The summed E-state index contributed by atoms with van der Waals surface area (Å²) in [6.45, 7) is 4.69. The molecule has 0 amide bonds. The number of anilines is 3. The molecule has 1 aromatic rings. The molecule has 2 aliphatic heterocycles. The molecule has 3 rings (SSSR count). The van der Waals surface area contributed by atoms with Crippen molar-refractivity contribution in [1.82, 2.24) is 0 Å². The van der Waals surface area contributed by atoms with Gasteiger partial charge in [0.1, 0.15) is 0 Å². The average molecular weight is 259 g/mol. The maximum Gasteiger partial charge on any atom is 0.0601 e. The largest absolute Gasteiger partial charge is 0.397 e. The molecule has 3 heteroatoms. The van der Waals surface area contributed by atoms with Crippen molar-refractivity contribution in [3.05, 3.63) is 18.2 Å². The van der Waals surface area contributed by atoms with Crippen molar-refractivity contribution in [3.63, 3.8) is 0 Å². The number of nitrogens with zero attached hydrogens (tertiary/aromatic N) is 2. The Morgan fingerprint density at radius 1 is 0.737 bits per heavy atom. The van der Waals surface area contributed by atoms with Gasteiger partial charge in [-0.2, -0.15) is 0 Å². The fourth-order valence-corrected chi connectivity index (χ4v) is 3.31. The van der Waals surface area contributed by atoms with E-state index in [9.17, 15) is 0 Å². The van der Waals surface area contributed by atoms with Crippen molar-refractivity contribution < 1.29 is 0 Å². The van der Waals surface area contributed by atoms with Crippen molar-refractivity contribution in [2.24, 2.45) is 0 Å². The first-order valence-corrected chi connectivity index (χ1v) is 7.74. The Bertz CT molecular complexity index is 416. The summed E-state index contributed by atoms with van der Waals surface area (Å²) in [5, 5.41) is 0. The third-order valence-electron chi connectivity index (χ3n) is 4.43. The minimum Gasteiger partial charge on any atom is -0.397 e. The third-order valence-corrected chi connectivity index (χ3v) is 4.43. The summed E-state index contributed by atoms with van der Waals surface area (Å²) >= 11 is 0. The molecule has 2 saturated heterocycles. The fraction of sp³-hybridized carbons (Fsp3) is 0.625. The van der Waals surface area contributed by atoms with Crippen molar-refractivity contribution in [3.8, 4) is 0 Å². The average Bonchev–Trinajstić information content (AvgIpc) is 2.81. The molecule has 0 spiro atoms. The van der Waals surface area contributed by atoms with E-state index in [2.05, 4.69) is 28.0 Å². The highest BCUT2D eigenvalue weighted by Crippen LogP contribution is 2.31. The molecule has 0 unspecified atom stereocenters. The van der Waals surface area contributed by atoms with Crippen LogP contribution in [0.25, 0.3) is 0 Å². The zero-order valence-corrected chi connectivity index (χ0v) is 11.8. The predicted molar refractivity (Wildman–Crippen MR) is 83.0 cm³/mol. The number of nitrogen functional groups attached to an aromatic ring is 1. The van der Waals surface area contributed by atoms with Gasteiger partial charge in [-0.1, -0.05) is 12.8 Å². The molecule has 0 aromatic heterocycles. The zero-order valence-electron chi connectivity index (χ0n) is 11.8. The number of rotatable bonds is 2. The van der Waals surface area contributed by atoms with Gasteiger partial charge in [-0.05, 0) is 43.9 Å². The van der Waals surface area contributed by atoms with Gasteiger partial charge < -0.3 is 15.5 Å². The van der Waals surface area contributed by atoms with E-state index in [1.54, 1.807) is 0 Å². The molecule has 0 radical (unpaired) electrons. The van der Waals surface area contributed by atoms with Crippen LogP contribution in [0.5, 0.6) is 0 Å². The Balaban J connectivity index is 1.77. The van der Waals surface area contributed by atoms with E-state index in [-0.39, 0.29) is 0 Å². The lowest BCUT2D eigenvalue weighted by Gasteiger charge is -2.25. The fourth-order valence-electron chi connectivity index (χ4n) is 3.31. The maximum atomic E-state index is 6.28. The molecular formula is C16H25N3. The van der Waals surface area contributed by atoms with Crippen molar-refractivity contribution in [1.29, 1.82) is 0 Å². The van der Waals surface area contributed by atoms with E-state index in [4.69, 9.17) is 5.73 Å². The van der Waals surface area contributed by atoms with E-state index < -0.39 is 0 Å². The van der Waals surface area contributed by atoms with Crippen LogP contribution in [0, 0.1) is 0 Å². The normalized spacial score (nSPS) is 20.6. The molecule has 2 N–H and O–H groups in total. The third kappa shape index (κ3) is 2.80. The van der Waals surface area contributed by atoms with Crippen LogP contribution >= 0.6 is 0 Å². The monoisotopic (exact) mass is 259 g/mol. The molecule has 3 nitrogen and oxygen atoms in total. The predicted octanol–water partition coefficient (Wildman–Crippen LogP) is 3.25. The van der Waals surface area contributed by atoms with Gasteiger partial charge >= 0.3 is 0 Å². The summed E-state index contributed by atoms with van der Waals surface area (Å²) in [7, 11) is 0. The van der Waals surface area contributed by atoms with Crippen LogP contribution in [0.2, 0.25) is 0 Å². The van der Waals surface area contributed by atoms with Gasteiger partial charge in [-0.3, -0.25) is 0 Å². The second-order valence-electron chi connectivity index (χ2n) is 5.84. The highest BCUT2D eigenvalue weighted by molar-refractivity contribution is 5.73. The van der Waals surface area contributed by atoms with Gasteiger partial charge in [0.2, 0.25) is 0 Å². The topological polar surface area (TPSA) is 32.5 Å². The minimum absolute atomic E-state index is 0.948. The van der Waals surface area contributed by atoms with Gasteiger partial charge in [0.25, 0.3) is 0 Å². The Labute approximate surface area is 116 Å². The molecule has 2 fully saturated rings. The summed E-state index contributed by atoms with van der Waals surface area (Å²) in [6.07, 6.45) is 7.97. The second kappa shape index (κ2) is 5.72. The Kier molecular flexibility index (Phi) is 3.81. The Morgan fingerprint density at radius 2 is 1.32 bits per heavy atom. The molecule has 0 saturated carbocycles. The highest BCUT2D eigenvalue weighted by Gasteiger charge is 2.16. The minimum atomic E-state index is 0.948. The zero-order chi connectivity index (χ0) is 13.1. The van der Waals surface area contributed by atoms with Crippen LogP contribution in [0.1, 0.15) is 38.5 Å². The SMILES string of the molecule is Nc1cc(N2CCCCCC2)ccc1N1CCCC1. The number of nitrogens with two attached hydrogens (primary N) is 1. The first-order valence-electron chi connectivity index (χ1n) is 7.74. The van der Waals surface area contributed by atoms with Crippen molar-refractivity contribution >= 4 is 17.1 Å². The van der Waals surface area contributed by atoms with E-state index >= 15 is 0 Å². The molecular weight excluding hydrogens is 234 g/mol. The van der Waals surface area contributed by atoms with Crippen LogP contribution in [-0.2, 0) is 0 Å². The molecule has 2 heterocycles. The molecule has 1 aromatic carbocycles. The molecule has 0 bridgehead atoms.